The molecule has 10 heteroatoms. The van der Waals surface area contributed by atoms with Gasteiger partial charge < -0.3 is 29.5 Å². The summed E-state index contributed by atoms with van der Waals surface area (Å²) in [6, 6.07) is 0. The summed E-state index contributed by atoms with van der Waals surface area (Å²) in [4.78, 5) is 35.6. The van der Waals surface area contributed by atoms with Gasteiger partial charge in [-0.25, -0.2) is 0 Å². The maximum atomic E-state index is 10.6. The average molecular weight is 378 g/mol. The molecule has 1 aliphatic rings. The van der Waals surface area contributed by atoms with E-state index in [1.165, 1.54) is 7.11 Å². The number of imide groups is 1. The Labute approximate surface area is 153 Å². The van der Waals surface area contributed by atoms with Crippen molar-refractivity contribution in [3.63, 3.8) is 0 Å². The zero-order valence-corrected chi connectivity index (χ0v) is 15.4. The highest BCUT2D eigenvalue weighted by molar-refractivity contribution is 6.00. The quantitative estimate of drug-likeness (QED) is 0.223. The van der Waals surface area contributed by atoms with E-state index < -0.39 is 0 Å². The molecule has 1 saturated heterocycles. The molecule has 1 aliphatic heterocycles. The summed E-state index contributed by atoms with van der Waals surface area (Å²) < 4.78 is 20.7. The first-order valence-electron chi connectivity index (χ1n) is 8.51. The first kappa shape index (κ1) is 24.6. The summed E-state index contributed by atoms with van der Waals surface area (Å²) in [5, 5.41) is 0.792. The van der Waals surface area contributed by atoms with Crippen molar-refractivity contribution in [3.8, 4) is 0 Å². The first-order valence-corrected chi connectivity index (χ1v) is 8.51. The number of nitrogens with two attached hydrogens (primary N) is 1. The zero-order valence-electron chi connectivity index (χ0n) is 15.4. The fourth-order valence-electron chi connectivity index (χ4n) is 1.74. The zero-order chi connectivity index (χ0) is 19.5. The van der Waals surface area contributed by atoms with Crippen LogP contribution < -0.4 is 5.73 Å². The SMILES string of the molecule is CON1C(=O)CCC1=O.NCCOCCOCCOCCOCCC=O. The van der Waals surface area contributed by atoms with Crippen molar-refractivity contribution in [1.29, 1.82) is 0 Å². The Morgan fingerprint density at radius 1 is 0.846 bits per heavy atom. The number of hydroxylamine groups is 2. The molecule has 0 bridgehead atoms. The van der Waals surface area contributed by atoms with E-state index in [9.17, 15) is 14.4 Å². The summed E-state index contributed by atoms with van der Waals surface area (Å²) in [6.45, 7) is 4.78. The van der Waals surface area contributed by atoms with E-state index >= 15 is 0 Å². The molecule has 10 nitrogen and oxygen atoms in total. The maximum Gasteiger partial charge on any atom is 0.253 e. The molecule has 0 atom stereocenters. The number of carbonyl (C=O) groups is 3. The molecule has 0 unspecified atom stereocenters. The molecule has 1 rings (SSSR count). The lowest BCUT2D eigenvalue weighted by molar-refractivity contribution is -0.179. The molecule has 2 N–H and O–H groups in total. The Kier molecular flexibility index (Phi) is 17.4. The molecule has 0 radical (unpaired) electrons. The van der Waals surface area contributed by atoms with Crippen molar-refractivity contribution >= 4 is 18.1 Å². The van der Waals surface area contributed by atoms with Gasteiger partial charge in [0.15, 0.2) is 0 Å². The van der Waals surface area contributed by atoms with Crippen LogP contribution in [0.25, 0.3) is 0 Å². The van der Waals surface area contributed by atoms with Gasteiger partial charge >= 0.3 is 0 Å². The van der Waals surface area contributed by atoms with Gasteiger partial charge in [-0.05, 0) is 0 Å². The summed E-state index contributed by atoms with van der Waals surface area (Å²) in [6.07, 6.45) is 1.84. The van der Waals surface area contributed by atoms with E-state index in [0.717, 1.165) is 11.3 Å². The summed E-state index contributed by atoms with van der Waals surface area (Å²) >= 11 is 0. The Morgan fingerprint density at radius 3 is 1.62 bits per heavy atom. The van der Waals surface area contributed by atoms with Crippen LogP contribution in [0.1, 0.15) is 19.3 Å². The minimum atomic E-state index is -0.248. The number of nitrogens with zero attached hydrogens (tertiary/aromatic N) is 1. The highest BCUT2D eigenvalue weighted by Crippen LogP contribution is 2.10. The molecule has 2 amide bonds. The van der Waals surface area contributed by atoms with Gasteiger partial charge in [-0.3, -0.25) is 14.4 Å². The second-order valence-corrected chi connectivity index (χ2v) is 4.96. The largest absolute Gasteiger partial charge is 0.379 e. The molecule has 152 valence electrons. The van der Waals surface area contributed by atoms with Crippen LogP contribution in [0.2, 0.25) is 0 Å². The minimum absolute atomic E-state index is 0.248. The highest BCUT2D eigenvalue weighted by atomic mass is 16.7. The highest BCUT2D eigenvalue weighted by Gasteiger charge is 2.28. The predicted octanol–water partition coefficient (Wildman–Crippen LogP) is -0.703. The molecule has 0 saturated carbocycles. The predicted molar refractivity (Wildman–Crippen MR) is 91.1 cm³/mol. The molecule has 0 aromatic heterocycles. The Bertz CT molecular complexity index is 365. The van der Waals surface area contributed by atoms with E-state index in [0.29, 0.717) is 65.8 Å². The number of hydrogen-bond acceptors (Lipinski definition) is 9. The topological polar surface area (TPSA) is 127 Å². The monoisotopic (exact) mass is 378 g/mol. The molecule has 1 fully saturated rings. The van der Waals surface area contributed by atoms with Crippen LogP contribution in [0.4, 0.5) is 0 Å². The summed E-state index contributed by atoms with van der Waals surface area (Å²) in [5.41, 5.74) is 5.25. The van der Waals surface area contributed by atoms with Crippen molar-refractivity contribution in [2.24, 2.45) is 5.73 Å². The van der Waals surface area contributed by atoms with E-state index in [4.69, 9.17) is 24.7 Å². The molecule has 0 spiro atoms. The van der Waals surface area contributed by atoms with Gasteiger partial charge in [-0.15, -0.1) is 0 Å². The fourth-order valence-corrected chi connectivity index (χ4v) is 1.74. The average Bonchev–Trinajstić information content (AvgIpc) is 2.97. The lowest BCUT2D eigenvalue weighted by atomic mass is 10.4. The number of ether oxygens (including phenoxy) is 4. The van der Waals surface area contributed by atoms with Crippen LogP contribution >= 0.6 is 0 Å². The van der Waals surface area contributed by atoms with E-state index in [-0.39, 0.29) is 24.7 Å². The van der Waals surface area contributed by atoms with Gasteiger partial charge in [0.05, 0.1) is 60.0 Å². The molecule has 1 heterocycles. The number of amides is 2. The van der Waals surface area contributed by atoms with Gasteiger partial charge in [-0.2, -0.15) is 5.06 Å². The molecule has 0 aromatic carbocycles. The van der Waals surface area contributed by atoms with Crippen LogP contribution in [0.5, 0.6) is 0 Å². The van der Waals surface area contributed by atoms with Crippen LogP contribution in [0, 0.1) is 0 Å². The third kappa shape index (κ3) is 13.8. The molecular formula is C16H30N2O8. The van der Waals surface area contributed by atoms with Crippen LogP contribution in [-0.4, -0.2) is 89.7 Å². The smallest absolute Gasteiger partial charge is 0.253 e. The number of hydrogen-bond donors (Lipinski definition) is 1. The standard InChI is InChI=1S/C11H23NO5.C5H7NO3/c12-2-5-15-7-9-17-11-10-16-8-6-14-4-1-3-13;1-9-6-4(7)2-3-5(6)8/h3H,1-2,4-12H2;2-3H2,1H3. The van der Waals surface area contributed by atoms with Crippen LogP contribution in [-0.2, 0) is 38.2 Å². The van der Waals surface area contributed by atoms with Crippen LogP contribution in [0.3, 0.4) is 0 Å². The van der Waals surface area contributed by atoms with Crippen molar-refractivity contribution in [3.05, 3.63) is 0 Å². The molecule has 26 heavy (non-hydrogen) atoms. The third-order valence-electron chi connectivity index (χ3n) is 2.95. The minimum Gasteiger partial charge on any atom is -0.379 e. The number of rotatable bonds is 15. The molecule has 0 aliphatic carbocycles. The van der Waals surface area contributed by atoms with E-state index in [2.05, 4.69) is 4.84 Å². The lowest BCUT2D eigenvalue weighted by Gasteiger charge is -2.07. The van der Waals surface area contributed by atoms with E-state index in [1.54, 1.807) is 0 Å². The van der Waals surface area contributed by atoms with Crippen molar-refractivity contribution in [1.82, 2.24) is 5.06 Å². The van der Waals surface area contributed by atoms with Crippen LogP contribution in [0.15, 0.2) is 0 Å². The molecular weight excluding hydrogens is 348 g/mol. The Morgan fingerprint density at radius 2 is 1.27 bits per heavy atom. The number of carbonyl (C=O) groups excluding carboxylic acids is 3. The third-order valence-corrected chi connectivity index (χ3v) is 2.95. The normalized spacial score (nSPS) is 13.7. The number of aldehydes is 1. The summed E-state index contributed by atoms with van der Waals surface area (Å²) in [7, 11) is 1.31. The van der Waals surface area contributed by atoms with Gasteiger partial charge in [0.1, 0.15) is 6.29 Å². The maximum absolute atomic E-state index is 10.6. The summed E-state index contributed by atoms with van der Waals surface area (Å²) in [5.74, 6) is -0.495. The second-order valence-electron chi connectivity index (χ2n) is 4.96. The van der Waals surface area contributed by atoms with Gasteiger partial charge in [0, 0.05) is 25.8 Å². The molecule has 0 aromatic rings. The van der Waals surface area contributed by atoms with Crippen molar-refractivity contribution in [2.45, 2.75) is 19.3 Å². The van der Waals surface area contributed by atoms with Gasteiger partial charge in [0.2, 0.25) is 0 Å². The van der Waals surface area contributed by atoms with Gasteiger partial charge in [-0.1, -0.05) is 0 Å². The van der Waals surface area contributed by atoms with E-state index in [1.807, 2.05) is 0 Å². The van der Waals surface area contributed by atoms with Gasteiger partial charge in [0.25, 0.3) is 11.8 Å². The Hall–Kier alpha value is -1.43. The lowest BCUT2D eigenvalue weighted by Crippen LogP contribution is -2.27. The second kappa shape index (κ2) is 18.4. The fraction of sp³-hybridized carbons (Fsp3) is 0.812. The van der Waals surface area contributed by atoms with Crippen molar-refractivity contribution < 1.29 is 38.2 Å². The Balaban J connectivity index is 0.000000577. The van der Waals surface area contributed by atoms with Crippen molar-refractivity contribution in [2.75, 3.05) is 66.5 Å². The first-order chi connectivity index (χ1) is 12.7.